The predicted molar refractivity (Wildman–Crippen MR) is 72.3 cm³/mol. The molecule has 6 nitrogen and oxygen atoms in total. The van der Waals surface area contributed by atoms with Crippen LogP contribution in [0.2, 0.25) is 10.2 Å². The summed E-state index contributed by atoms with van der Waals surface area (Å²) < 4.78 is 6.47. The standard InChI is InChI=1S/C12H10Cl2N2O4/c1-16-8(4-7(13)10(16)14)11(17)15-5-6-2-3-9(20-6)12(18)19/h2-4H,5H2,1H3,(H,15,17)(H,18,19). The molecule has 2 heterocycles. The molecule has 0 bridgehead atoms. The molecule has 0 radical (unpaired) electrons. The third-order valence-electron chi connectivity index (χ3n) is 2.64. The molecule has 1 amide bonds. The topological polar surface area (TPSA) is 84.5 Å². The Bertz CT molecular complexity index is 675. The SMILES string of the molecule is Cn1c(C(=O)NCc2ccc(C(=O)O)o2)cc(Cl)c1Cl. The highest BCUT2D eigenvalue weighted by molar-refractivity contribution is 6.41. The van der Waals surface area contributed by atoms with Crippen molar-refractivity contribution >= 4 is 35.1 Å². The van der Waals surface area contributed by atoms with Gasteiger partial charge in [-0.3, -0.25) is 4.79 Å². The van der Waals surface area contributed by atoms with Crippen LogP contribution in [0.4, 0.5) is 0 Å². The third-order valence-corrected chi connectivity index (χ3v) is 3.49. The molecule has 0 fully saturated rings. The zero-order chi connectivity index (χ0) is 14.9. The van der Waals surface area contributed by atoms with Crippen LogP contribution in [0.3, 0.4) is 0 Å². The maximum Gasteiger partial charge on any atom is 0.371 e. The summed E-state index contributed by atoms with van der Waals surface area (Å²) >= 11 is 11.7. The zero-order valence-corrected chi connectivity index (χ0v) is 11.8. The molecule has 0 aromatic carbocycles. The van der Waals surface area contributed by atoms with Crippen molar-refractivity contribution in [2.24, 2.45) is 7.05 Å². The van der Waals surface area contributed by atoms with Crippen molar-refractivity contribution in [3.8, 4) is 0 Å². The summed E-state index contributed by atoms with van der Waals surface area (Å²) in [6, 6.07) is 4.25. The van der Waals surface area contributed by atoms with Gasteiger partial charge in [0.15, 0.2) is 0 Å². The fraction of sp³-hybridized carbons (Fsp3) is 0.167. The van der Waals surface area contributed by atoms with Gasteiger partial charge in [-0.1, -0.05) is 23.2 Å². The van der Waals surface area contributed by atoms with E-state index in [4.69, 9.17) is 32.7 Å². The summed E-state index contributed by atoms with van der Waals surface area (Å²) in [6.07, 6.45) is 0. The summed E-state index contributed by atoms with van der Waals surface area (Å²) in [5.41, 5.74) is 0.296. The molecule has 2 aromatic heterocycles. The quantitative estimate of drug-likeness (QED) is 0.907. The normalized spacial score (nSPS) is 10.6. The average molecular weight is 317 g/mol. The van der Waals surface area contributed by atoms with Crippen LogP contribution in [0.15, 0.2) is 22.6 Å². The maximum absolute atomic E-state index is 11.9. The van der Waals surface area contributed by atoms with Gasteiger partial charge in [-0.15, -0.1) is 0 Å². The Balaban J connectivity index is 2.04. The number of rotatable bonds is 4. The van der Waals surface area contributed by atoms with Gasteiger partial charge in [0.05, 0.1) is 11.6 Å². The van der Waals surface area contributed by atoms with E-state index in [-0.39, 0.29) is 22.5 Å². The first-order chi connectivity index (χ1) is 9.40. The van der Waals surface area contributed by atoms with Gasteiger partial charge in [0.25, 0.3) is 5.91 Å². The highest BCUT2D eigenvalue weighted by atomic mass is 35.5. The number of carbonyl (C=O) groups excluding carboxylic acids is 1. The molecule has 0 aliphatic heterocycles. The summed E-state index contributed by atoms with van der Waals surface area (Å²) in [5, 5.41) is 11.8. The van der Waals surface area contributed by atoms with E-state index in [0.29, 0.717) is 11.5 Å². The van der Waals surface area contributed by atoms with Crippen molar-refractivity contribution in [3.63, 3.8) is 0 Å². The Kier molecular flexibility index (Phi) is 4.06. The van der Waals surface area contributed by atoms with Crippen LogP contribution in [0.5, 0.6) is 0 Å². The van der Waals surface area contributed by atoms with Gasteiger partial charge in [0.1, 0.15) is 16.6 Å². The number of furan rings is 1. The Hall–Kier alpha value is -1.92. The average Bonchev–Trinajstić information content (AvgIpc) is 2.97. The molecule has 0 aliphatic carbocycles. The molecule has 0 unspecified atom stereocenters. The van der Waals surface area contributed by atoms with Crippen LogP contribution >= 0.6 is 23.2 Å². The van der Waals surface area contributed by atoms with Gasteiger partial charge in [-0.05, 0) is 18.2 Å². The summed E-state index contributed by atoms with van der Waals surface area (Å²) in [7, 11) is 1.61. The minimum Gasteiger partial charge on any atom is -0.475 e. The lowest BCUT2D eigenvalue weighted by atomic mass is 10.3. The molecule has 106 valence electrons. The number of hydrogen-bond acceptors (Lipinski definition) is 3. The van der Waals surface area contributed by atoms with E-state index in [0.717, 1.165) is 0 Å². The minimum atomic E-state index is -1.16. The largest absolute Gasteiger partial charge is 0.475 e. The van der Waals surface area contributed by atoms with E-state index in [1.54, 1.807) is 7.05 Å². The number of nitrogens with one attached hydrogen (secondary N) is 1. The molecule has 2 aromatic rings. The second-order valence-corrected chi connectivity index (χ2v) is 4.75. The summed E-state index contributed by atoms with van der Waals surface area (Å²) in [4.78, 5) is 22.6. The molecule has 2 rings (SSSR count). The number of aromatic carboxylic acids is 1. The number of carboxylic acid groups (broad SMARTS) is 1. The molecule has 0 spiro atoms. The lowest BCUT2D eigenvalue weighted by Crippen LogP contribution is -2.24. The van der Waals surface area contributed by atoms with Crippen molar-refractivity contribution in [1.29, 1.82) is 0 Å². The van der Waals surface area contributed by atoms with Crippen LogP contribution in [-0.4, -0.2) is 21.6 Å². The predicted octanol–water partition coefficient (Wildman–Crippen LogP) is 2.55. The molecule has 2 N–H and O–H groups in total. The number of hydrogen-bond donors (Lipinski definition) is 2. The van der Waals surface area contributed by atoms with Crippen LogP contribution in [-0.2, 0) is 13.6 Å². The maximum atomic E-state index is 11.9. The Labute approximate surface area is 123 Å². The fourth-order valence-corrected chi connectivity index (χ4v) is 1.98. The van der Waals surface area contributed by atoms with Crippen LogP contribution < -0.4 is 5.32 Å². The first-order valence-corrected chi connectivity index (χ1v) is 6.26. The summed E-state index contributed by atoms with van der Waals surface area (Å²) in [5.74, 6) is -1.40. The van der Waals surface area contributed by atoms with Gasteiger partial charge in [0.2, 0.25) is 5.76 Å². The number of halogens is 2. The zero-order valence-electron chi connectivity index (χ0n) is 10.3. The van der Waals surface area contributed by atoms with Crippen molar-refractivity contribution in [2.45, 2.75) is 6.54 Å². The Morgan fingerprint density at radius 1 is 1.40 bits per heavy atom. The number of amides is 1. The van der Waals surface area contributed by atoms with Gasteiger partial charge in [-0.25, -0.2) is 4.79 Å². The van der Waals surface area contributed by atoms with Gasteiger partial charge >= 0.3 is 5.97 Å². The van der Waals surface area contributed by atoms with Crippen molar-refractivity contribution in [1.82, 2.24) is 9.88 Å². The highest BCUT2D eigenvalue weighted by Gasteiger charge is 2.16. The molecule has 0 atom stereocenters. The Morgan fingerprint density at radius 2 is 2.10 bits per heavy atom. The van der Waals surface area contributed by atoms with E-state index in [1.807, 2.05) is 0 Å². The number of nitrogens with zero attached hydrogens (tertiary/aromatic N) is 1. The second kappa shape index (κ2) is 5.60. The van der Waals surface area contributed by atoms with Crippen LogP contribution in [0.1, 0.15) is 26.8 Å². The van der Waals surface area contributed by atoms with Crippen molar-refractivity contribution in [2.75, 3.05) is 0 Å². The van der Waals surface area contributed by atoms with Gasteiger partial charge in [-0.2, -0.15) is 0 Å². The minimum absolute atomic E-state index is 0.0620. The van der Waals surface area contributed by atoms with E-state index < -0.39 is 11.9 Å². The highest BCUT2D eigenvalue weighted by Crippen LogP contribution is 2.25. The van der Waals surface area contributed by atoms with E-state index in [1.165, 1.54) is 22.8 Å². The van der Waals surface area contributed by atoms with Crippen molar-refractivity contribution < 1.29 is 19.1 Å². The number of carboxylic acids is 1. The Morgan fingerprint density at radius 3 is 2.60 bits per heavy atom. The molecule has 0 saturated heterocycles. The first kappa shape index (κ1) is 14.5. The first-order valence-electron chi connectivity index (χ1n) is 5.51. The molecular weight excluding hydrogens is 307 g/mol. The molecular formula is C12H10Cl2N2O4. The van der Waals surface area contributed by atoms with Gasteiger partial charge < -0.3 is 19.4 Å². The number of carbonyl (C=O) groups is 2. The van der Waals surface area contributed by atoms with E-state index in [2.05, 4.69) is 5.32 Å². The lowest BCUT2D eigenvalue weighted by molar-refractivity contribution is 0.0660. The molecule has 8 heteroatoms. The molecule has 0 aliphatic rings. The molecule has 20 heavy (non-hydrogen) atoms. The summed E-state index contributed by atoms with van der Waals surface area (Å²) in [6.45, 7) is 0.0620. The lowest BCUT2D eigenvalue weighted by Gasteiger charge is -2.04. The fourth-order valence-electron chi connectivity index (χ4n) is 1.61. The third kappa shape index (κ3) is 2.81. The van der Waals surface area contributed by atoms with Crippen molar-refractivity contribution in [3.05, 3.63) is 45.6 Å². The monoisotopic (exact) mass is 316 g/mol. The second-order valence-electron chi connectivity index (χ2n) is 3.98. The smallest absolute Gasteiger partial charge is 0.371 e. The van der Waals surface area contributed by atoms with Crippen LogP contribution in [0, 0.1) is 0 Å². The number of aromatic nitrogens is 1. The van der Waals surface area contributed by atoms with Crippen LogP contribution in [0.25, 0.3) is 0 Å². The van der Waals surface area contributed by atoms with E-state index >= 15 is 0 Å². The van der Waals surface area contributed by atoms with Gasteiger partial charge in [0, 0.05) is 7.05 Å². The van der Waals surface area contributed by atoms with E-state index in [9.17, 15) is 9.59 Å². The molecule has 0 saturated carbocycles.